The fourth-order valence-electron chi connectivity index (χ4n) is 0.716. The summed E-state index contributed by atoms with van der Waals surface area (Å²) < 4.78 is 0. The fraction of sp³-hybridized carbons (Fsp3) is 0.889. The van der Waals surface area contributed by atoms with Crippen molar-refractivity contribution >= 4 is 24.6 Å². The van der Waals surface area contributed by atoms with Crippen LogP contribution in [0.25, 0.3) is 0 Å². The zero-order chi connectivity index (χ0) is 9.45. The molecule has 1 nitrogen and oxygen atoms in total. The van der Waals surface area contributed by atoms with Gasteiger partial charge in [0.1, 0.15) is 7.22 Å². The number of hydrogen-bond acceptors (Lipinski definition) is 2. The Morgan fingerprint density at radius 2 is 2.00 bits per heavy atom. The van der Waals surface area contributed by atoms with E-state index in [2.05, 4.69) is 49.0 Å². The molecule has 3 heteroatoms. The molecule has 0 amide bonds. The standard InChI is InChI=1S/C9H21NSSi/c1-5-6-7-10-8-9-11-12(2,3)4/h7H,5-6,8-9H2,1-4H3/b10-7+. The molecule has 0 saturated heterocycles. The van der Waals surface area contributed by atoms with Crippen LogP contribution >= 0.6 is 11.2 Å². The van der Waals surface area contributed by atoms with E-state index in [9.17, 15) is 0 Å². The topological polar surface area (TPSA) is 12.4 Å². The summed E-state index contributed by atoms with van der Waals surface area (Å²) in [6.07, 6.45) is 4.41. The van der Waals surface area contributed by atoms with Gasteiger partial charge in [0, 0.05) is 12.3 Å². The molecule has 0 aliphatic rings. The first-order valence-electron chi connectivity index (χ1n) is 4.68. The molecule has 0 bridgehead atoms. The fourth-order valence-corrected chi connectivity index (χ4v) is 3.64. The van der Waals surface area contributed by atoms with Crippen molar-refractivity contribution in [1.82, 2.24) is 0 Å². The Bertz CT molecular complexity index is 129. The molecule has 72 valence electrons. The average Bonchev–Trinajstić information content (AvgIpc) is 1.94. The van der Waals surface area contributed by atoms with Crippen LogP contribution in [0.3, 0.4) is 0 Å². The number of rotatable bonds is 6. The maximum atomic E-state index is 4.34. The Morgan fingerprint density at radius 1 is 1.33 bits per heavy atom. The van der Waals surface area contributed by atoms with Crippen LogP contribution in [0, 0.1) is 0 Å². The van der Waals surface area contributed by atoms with E-state index in [1.165, 1.54) is 12.2 Å². The van der Waals surface area contributed by atoms with Gasteiger partial charge in [0.05, 0.1) is 0 Å². The van der Waals surface area contributed by atoms with Crippen molar-refractivity contribution in [2.75, 3.05) is 12.3 Å². The minimum absolute atomic E-state index is 0.883. The molecule has 0 rings (SSSR count). The number of hydrogen-bond donors (Lipinski definition) is 0. The van der Waals surface area contributed by atoms with Crippen LogP contribution in [0.1, 0.15) is 19.8 Å². The Kier molecular flexibility index (Phi) is 6.85. The van der Waals surface area contributed by atoms with Gasteiger partial charge in [-0.05, 0) is 12.6 Å². The first-order chi connectivity index (χ1) is 5.56. The van der Waals surface area contributed by atoms with Gasteiger partial charge in [0.25, 0.3) is 0 Å². The number of unbranched alkanes of at least 4 members (excludes halogenated alkanes) is 1. The number of aliphatic imine (C=N–C) groups is 1. The second-order valence-corrected chi connectivity index (χ2v) is 13.3. The summed E-state index contributed by atoms with van der Waals surface area (Å²) >= 11 is 2.12. The maximum absolute atomic E-state index is 4.34. The highest BCUT2D eigenvalue weighted by molar-refractivity contribution is 8.28. The molecule has 0 radical (unpaired) electrons. The van der Waals surface area contributed by atoms with E-state index in [4.69, 9.17) is 0 Å². The highest BCUT2D eigenvalue weighted by Gasteiger charge is 2.11. The molecule has 12 heavy (non-hydrogen) atoms. The predicted octanol–water partition coefficient (Wildman–Crippen LogP) is 3.43. The molecule has 0 aromatic rings. The van der Waals surface area contributed by atoms with Gasteiger partial charge in [-0.25, -0.2) is 0 Å². The molecule has 0 unspecified atom stereocenters. The lowest BCUT2D eigenvalue weighted by Gasteiger charge is -2.13. The molecule has 0 N–H and O–H groups in total. The molecule has 0 heterocycles. The van der Waals surface area contributed by atoms with Crippen molar-refractivity contribution in [3.8, 4) is 0 Å². The van der Waals surface area contributed by atoms with Crippen LogP contribution in [0.4, 0.5) is 0 Å². The summed E-state index contributed by atoms with van der Waals surface area (Å²) in [5.74, 6) is 1.20. The van der Waals surface area contributed by atoms with Gasteiger partial charge in [0.15, 0.2) is 0 Å². The van der Waals surface area contributed by atoms with E-state index in [1.54, 1.807) is 0 Å². The first kappa shape index (κ1) is 12.2. The number of nitrogens with zero attached hydrogens (tertiary/aromatic N) is 1. The molecule has 0 aliphatic heterocycles. The monoisotopic (exact) mass is 203 g/mol. The minimum atomic E-state index is -0.883. The van der Waals surface area contributed by atoms with Gasteiger partial charge in [-0.15, -0.1) is 0 Å². The molecule has 0 aromatic carbocycles. The molecule has 0 atom stereocenters. The summed E-state index contributed by atoms with van der Waals surface area (Å²) in [5, 5.41) is 0. The normalized spacial score (nSPS) is 12.7. The lowest BCUT2D eigenvalue weighted by atomic mass is 10.4. The van der Waals surface area contributed by atoms with E-state index in [-0.39, 0.29) is 0 Å². The average molecular weight is 203 g/mol. The van der Waals surface area contributed by atoms with Gasteiger partial charge in [-0.2, -0.15) is 11.2 Å². The Hall–Kier alpha value is 0.237. The van der Waals surface area contributed by atoms with Crippen LogP contribution in [-0.4, -0.2) is 25.7 Å². The SMILES string of the molecule is CCC/C=N/CCS[Si](C)(C)C. The lowest BCUT2D eigenvalue weighted by molar-refractivity contribution is 0.996. The van der Waals surface area contributed by atoms with E-state index in [0.29, 0.717) is 0 Å². The van der Waals surface area contributed by atoms with Gasteiger partial charge in [-0.1, -0.05) is 33.0 Å². The van der Waals surface area contributed by atoms with E-state index >= 15 is 0 Å². The lowest BCUT2D eigenvalue weighted by Crippen LogP contribution is -2.15. The second kappa shape index (κ2) is 6.72. The summed E-state index contributed by atoms with van der Waals surface area (Å²) in [4.78, 5) is 4.34. The third-order valence-electron chi connectivity index (χ3n) is 1.30. The maximum Gasteiger partial charge on any atom is 0.108 e. The summed E-state index contributed by atoms with van der Waals surface area (Å²) in [6.45, 7) is 10.3. The predicted molar refractivity (Wildman–Crippen MR) is 64.1 cm³/mol. The minimum Gasteiger partial charge on any atom is -0.297 e. The van der Waals surface area contributed by atoms with Crippen molar-refractivity contribution in [2.45, 2.75) is 39.4 Å². The molecule has 0 spiro atoms. The zero-order valence-electron chi connectivity index (χ0n) is 8.76. The third-order valence-corrected chi connectivity index (χ3v) is 5.77. The van der Waals surface area contributed by atoms with Gasteiger partial charge >= 0.3 is 0 Å². The van der Waals surface area contributed by atoms with Crippen LogP contribution in [0.2, 0.25) is 19.6 Å². The smallest absolute Gasteiger partial charge is 0.108 e. The third kappa shape index (κ3) is 10.2. The van der Waals surface area contributed by atoms with Crippen molar-refractivity contribution in [2.24, 2.45) is 4.99 Å². The van der Waals surface area contributed by atoms with Gasteiger partial charge < -0.3 is 0 Å². The molecular weight excluding hydrogens is 182 g/mol. The van der Waals surface area contributed by atoms with Crippen molar-refractivity contribution in [3.05, 3.63) is 0 Å². The highest BCUT2D eigenvalue weighted by Crippen LogP contribution is 2.18. The van der Waals surface area contributed by atoms with Crippen molar-refractivity contribution in [3.63, 3.8) is 0 Å². The van der Waals surface area contributed by atoms with E-state index in [0.717, 1.165) is 13.0 Å². The molecule has 0 fully saturated rings. The Morgan fingerprint density at radius 3 is 2.50 bits per heavy atom. The first-order valence-corrected chi connectivity index (χ1v) is 9.89. The van der Waals surface area contributed by atoms with Crippen LogP contribution in [-0.2, 0) is 0 Å². The molecule has 0 aliphatic carbocycles. The molecule has 0 saturated carbocycles. The summed E-state index contributed by atoms with van der Waals surface area (Å²) in [5.41, 5.74) is 0. The summed E-state index contributed by atoms with van der Waals surface area (Å²) in [7, 11) is -0.883. The van der Waals surface area contributed by atoms with E-state index in [1.807, 2.05) is 0 Å². The zero-order valence-corrected chi connectivity index (χ0v) is 10.6. The molecular formula is C9H21NSSi. The van der Waals surface area contributed by atoms with Crippen LogP contribution < -0.4 is 0 Å². The quantitative estimate of drug-likeness (QED) is 0.366. The highest BCUT2D eigenvalue weighted by atomic mass is 32.4. The summed E-state index contributed by atoms with van der Waals surface area (Å²) in [6, 6.07) is 0. The van der Waals surface area contributed by atoms with Gasteiger partial charge in [-0.3, -0.25) is 4.99 Å². The Balaban J connectivity index is 3.21. The Labute approximate surface area is 81.7 Å². The van der Waals surface area contributed by atoms with Crippen LogP contribution in [0.5, 0.6) is 0 Å². The molecule has 0 aromatic heterocycles. The van der Waals surface area contributed by atoms with Crippen molar-refractivity contribution < 1.29 is 0 Å². The second-order valence-electron chi connectivity index (χ2n) is 3.84. The van der Waals surface area contributed by atoms with Gasteiger partial charge in [0.2, 0.25) is 0 Å². The van der Waals surface area contributed by atoms with E-state index < -0.39 is 7.22 Å². The van der Waals surface area contributed by atoms with Crippen molar-refractivity contribution in [1.29, 1.82) is 0 Å². The largest absolute Gasteiger partial charge is 0.297 e. The van der Waals surface area contributed by atoms with Crippen LogP contribution in [0.15, 0.2) is 4.99 Å².